The van der Waals surface area contributed by atoms with Crippen LogP contribution in [0.4, 0.5) is 5.69 Å². The molecule has 9 heteroatoms. The van der Waals surface area contributed by atoms with Gasteiger partial charge in [0, 0.05) is 5.69 Å². The van der Waals surface area contributed by atoms with Gasteiger partial charge in [0.2, 0.25) is 5.91 Å². The Morgan fingerprint density at radius 2 is 1.88 bits per heavy atom. The fourth-order valence-corrected chi connectivity index (χ4v) is 5.05. The van der Waals surface area contributed by atoms with Crippen LogP contribution in [0.25, 0.3) is 15.9 Å². The predicted molar refractivity (Wildman–Crippen MR) is 136 cm³/mol. The van der Waals surface area contributed by atoms with Crippen LogP contribution in [0.2, 0.25) is 0 Å². The number of carbonyl (C=O) groups excluding carboxylic acids is 2. The summed E-state index contributed by atoms with van der Waals surface area (Å²) in [4.78, 5) is 42.4. The molecule has 0 aliphatic heterocycles. The molecule has 0 aliphatic carbocycles. The van der Waals surface area contributed by atoms with Crippen LogP contribution < -0.4 is 10.9 Å². The zero-order valence-corrected chi connectivity index (χ0v) is 20.6. The Kier molecular flexibility index (Phi) is 7.14. The maximum absolute atomic E-state index is 13.3. The third-order valence-corrected chi connectivity index (χ3v) is 6.88. The van der Waals surface area contributed by atoms with Crippen LogP contribution in [0.3, 0.4) is 0 Å². The van der Waals surface area contributed by atoms with Crippen molar-refractivity contribution in [2.24, 2.45) is 0 Å². The number of carbonyl (C=O) groups is 2. The first-order chi connectivity index (χ1) is 16.4. The summed E-state index contributed by atoms with van der Waals surface area (Å²) in [7, 11) is 0. The van der Waals surface area contributed by atoms with Crippen molar-refractivity contribution in [2.45, 2.75) is 25.9 Å². The largest absolute Gasteiger partial charge is 0.462 e. The van der Waals surface area contributed by atoms with Gasteiger partial charge in [-0.3, -0.25) is 14.2 Å². The Balaban J connectivity index is 1.56. The zero-order chi connectivity index (χ0) is 24.2. The molecule has 0 spiro atoms. The molecule has 0 saturated carbocycles. The van der Waals surface area contributed by atoms with Crippen LogP contribution in [0.1, 0.15) is 28.4 Å². The second kappa shape index (κ2) is 10.2. The second-order valence-electron chi connectivity index (χ2n) is 7.59. The van der Waals surface area contributed by atoms with E-state index >= 15 is 0 Å². The van der Waals surface area contributed by atoms with E-state index in [-0.39, 0.29) is 17.2 Å². The minimum atomic E-state index is -0.407. The summed E-state index contributed by atoms with van der Waals surface area (Å²) in [6, 6.07) is 14.2. The Hall–Kier alpha value is -3.43. The number of rotatable bonds is 7. The van der Waals surface area contributed by atoms with Gasteiger partial charge in [-0.1, -0.05) is 29.5 Å². The van der Waals surface area contributed by atoms with Crippen molar-refractivity contribution in [1.29, 1.82) is 0 Å². The lowest BCUT2D eigenvalue weighted by molar-refractivity contribution is -0.113. The van der Waals surface area contributed by atoms with E-state index in [1.807, 2.05) is 43.5 Å². The molecule has 7 nitrogen and oxygen atoms in total. The van der Waals surface area contributed by atoms with E-state index < -0.39 is 5.97 Å². The molecule has 1 N–H and O–H groups in total. The molecule has 0 saturated heterocycles. The molecule has 2 aromatic heterocycles. The first kappa shape index (κ1) is 23.7. The van der Waals surface area contributed by atoms with Crippen molar-refractivity contribution in [3.8, 4) is 5.69 Å². The number of hydrogen-bond donors (Lipinski definition) is 1. The summed E-state index contributed by atoms with van der Waals surface area (Å²) in [5.41, 5.74) is 4.25. The first-order valence-electron chi connectivity index (χ1n) is 10.6. The molecule has 2 heterocycles. The number of nitrogens with one attached hydrogen (secondary N) is 1. The van der Waals surface area contributed by atoms with E-state index in [1.54, 1.807) is 35.8 Å². The zero-order valence-electron chi connectivity index (χ0n) is 19.0. The van der Waals surface area contributed by atoms with Crippen LogP contribution in [0, 0.1) is 13.8 Å². The lowest BCUT2D eigenvalue weighted by atomic mass is 10.1. The van der Waals surface area contributed by atoms with Crippen molar-refractivity contribution in [3.63, 3.8) is 0 Å². The number of fused-ring (bicyclic) bond motifs is 1. The highest BCUT2D eigenvalue weighted by atomic mass is 32.2. The highest BCUT2D eigenvalue weighted by Gasteiger charge is 2.17. The number of ether oxygens (including phenoxy) is 1. The van der Waals surface area contributed by atoms with Gasteiger partial charge in [-0.05, 0) is 68.1 Å². The molecule has 0 aliphatic rings. The third kappa shape index (κ3) is 5.05. The number of thioether (sulfide) groups is 1. The summed E-state index contributed by atoms with van der Waals surface area (Å²) < 4.78 is 7.13. The maximum Gasteiger partial charge on any atom is 0.338 e. The van der Waals surface area contributed by atoms with Gasteiger partial charge in [0.15, 0.2) is 5.16 Å². The number of anilines is 1. The molecule has 0 bridgehead atoms. The summed E-state index contributed by atoms with van der Waals surface area (Å²) >= 11 is 2.55. The average molecular weight is 494 g/mol. The minimum absolute atomic E-state index is 0.0621. The number of aryl methyl sites for hydroxylation is 2. The quantitative estimate of drug-likeness (QED) is 0.222. The Morgan fingerprint density at radius 3 is 2.59 bits per heavy atom. The van der Waals surface area contributed by atoms with Gasteiger partial charge >= 0.3 is 5.97 Å². The second-order valence-corrected chi connectivity index (χ2v) is 9.45. The van der Waals surface area contributed by atoms with Gasteiger partial charge < -0.3 is 10.1 Å². The number of thiophene rings is 1. The van der Waals surface area contributed by atoms with Crippen molar-refractivity contribution in [1.82, 2.24) is 9.55 Å². The van der Waals surface area contributed by atoms with Gasteiger partial charge in [-0.2, -0.15) is 0 Å². The minimum Gasteiger partial charge on any atom is -0.462 e. The normalized spacial score (nSPS) is 10.9. The molecule has 0 radical (unpaired) electrons. The molecule has 0 unspecified atom stereocenters. The van der Waals surface area contributed by atoms with Crippen molar-refractivity contribution in [2.75, 3.05) is 17.7 Å². The number of nitrogens with zero attached hydrogens (tertiary/aromatic N) is 2. The molecular formula is C25H23N3O4S2. The summed E-state index contributed by atoms with van der Waals surface area (Å²) in [5.74, 6) is -0.594. The number of aromatic nitrogens is 2. The van der Waals surface area contributed by atoms with E-state index in [9.17, 15) is 14.4 Å². The van der Waals surface area contributed by atoms with E-state index in [0.717, 1.165) is 16.8 Å². The van der Waals surface area contributed by atoms with E-state index in [2.05, 4.69) is 10.3 Å². The van der Waals surface area contributed by atoms with E-state index in [4.69, 9.17) is 4.74 Å². The highest BCUT2D eigenvalue weighted by Crippen LogP contribution is 2.25. The van der Waals surface area contributed by atoms with Crippen LogP contribution in [0.15, 0.2) is 63.9 Å². The number of hydrogen-bond acceptors (Lipinski definition) is 7. The molecule has 4 aromatic rings. The van der Waals surface area contributed by atoms with Crippen LogP contribution >= 0.6 is 23.1 Å². The number of esters is 1. The molecule has 4 rings (SSSR count). The van der Waals surface area contributed by atoms with Crippen molar-refractivity contribution < 1.29 is 14.3 Å². The predicted octanol–water partition coefficient (Wildman–Crippen LogP) is 4.97. The molecule has 2 aromatic carbocycles. The third-order valence-electron chi connectivity index (χ3n) is 5.05. The SMILES string of the molecule is CCOC(=O)c1ccc(NC(=O)CSc2nc3ccsc3c(=O)n2-c2ccc(C)cc2C)cc1. The van der Waals surface area contributed by atoms with Gasteiger partial charge in [0.1, 0.15) is 4.70 Å². The van der Waals surface area contributed by atoms with Gasteiger partial charge in [0.25, 0.3) is 5.56 Å². The van der Waals surface area contributed by atoms with Crippen LogP contribution in [0.5, 0.6) is 0 Å². The fourth-order valence-electron chi connectivity index (χ4n) is 3.49. The molecule has 1 amide bonds. The standard InChI is InChI=1S/C25H23N3O4S2/c1-4-32-24(31)17-6-8-18(9-7-17)26-21(29)14-34-25-27-19-11-12-33-22(19)23(30)28(25)20-10-5-15(2)13-16(20)3/h5-13H,4,14H2,1-3H3,(H,26,29). The van der Waals surface area contributed by atoms with E-state index in [0.29, 0.717) is 33.2 Å². The molecule has 0 atom stereocenters. The molecule has 174 valence electrons. The maximum atomic E-state index is 13.3. The topological polar surface area (TPSA) is 90.3 Å². The average Bonchev–Trinajstić information content (AvgIpc) is 3.28. The number of benzene rings is 2. The summed E-state index contributed by atoms with van der Waals surface area (Å²) in [5, 5.41) is 5.10. The highest BCUT2D eigenvalue weighted by molar-refractivity contribution is 7.99. The Morgan fingerprint density at radius 1 is 1.12 bits per heavy atom. The lowest BCUT2D eigenvalue weighted by Gasteiger charge is -2.14. The lowest BCUT2D eigenvalue weighted by Crippen LogP contribution is -2.23. The van der Waals surface area contributed by atoms with Crippen molar-refractivity contribution in [3.05, 3.63) is 81.0 Å². The Bertz CT molecular complexity index is 1420. The smallest absolute Gasteiger partial charge is 0.338 e. The fraction of sp³-hybridized carbons (Fsp3) is 0.200. The summed E-state index contributed by atoms with van der Waals surface area (Å²) in [6.45, 7) is 6.00. The van der Waals surface area contributed by atoms with Gasteiger partial charge in [-0.25, -0.2) is 9.78 Å². The van der Waals surface area contributed by atoms with Gasteiger partial charge in [0.05, 0.1) is 29.1 Å². The monoisotopic (exact) mass is 493 g/mol. The van der Waals surface area contributed by atoms with Crippen LogP contribution in [-0.4, -0.2) is 33.8 Å². The first-order valence-corrected chi connectivity index (χ1v) is 12.5. The number of amides is 1. The van der Waals surface area contributed by atoms with Crippen molar-refractivity contribution >= 4 is 50.9 Å². The summed E-state index contributed by atoms with van der Waals surface area (Å²) in [6.07, 6.45) is 0. The van der Waals surface area contributed by atoms with Crippen LogP contribution in [-0.2, 0) is 9.53 Å². The Labute approximate surface area is 204 Å². The molecule has 0 fully saturated rings. The van der Waals surface area contributed by atoms with Gasteiger partial charge in [-0.15, -0.1) is 11.3 Å². The molecule has 34 heavy (non-hydrogen) atoms. The molecular weight excluding hydrogens is 470 g/mol. The van der Waals surface area contributed by atoms with E-state index in [1.165, 1.54) is 23.1 Å².